The molecule has 0 radical (unpaired) electrons. The van der Waals surface area contributed by atoms with E-state index in [1.54, 1.807) is 19.0 Å². The number of piperidine rings is 1. The van der Waals surface area contributed by atoms with Gasteiger partial charge in [-0.2, -0.15) is 0 Å². The lowest BCUT2D eigenvalue weighted by Crippen LogP contribution is -2.50. The summed E-state index contributed by atoms with van der Waals surface area (Å²) in [5.74, 6) is 0.654. The highest BCUT2D eigenvalue weighted by atomic mass is 16.2. The Morgan fingerprint density at radius 3 is 2.69 bits per heavy atom. The van der Waals surface area contributed by atoms with Crippen molar-refractivity contribution in [3.8, 4) is 0 Å². The number of nitrogens with one attached hydrogen (secondary N) is 2. The minimum Gasteiger partial charge on any atom is -0.334 e. The highest BCUT2D eigenvalue weighted by Crippen LogP contribution is 2.09. The maximum atomic E-state index is 11.3. The van der Waals surface area contributed by atoms with E-state index in [2.05, 4.69) is 17.6 Å². The first-order chi connectivity index (χ1) is 6.09. The fourth-order valence-corrected chi connectivity index (χ4v) is 1.57. The Hall–Kier alpha value is -0.770. The smallest absolute Gasteiger partial charge is 0.317 e. The van der Waals surface area contributed by atoms with E-state index in [9.17, 15) is 4.79 Å². The molecular weight excluding hydrogens is 166 g/mol. The van der Waals surface area contributed by atoms with Crippen molar-refractivity contribution < 1.29 is 4.79 Å². The van der Waals surface area contributed by atoms with Gasteiger partial charge in [0.1, 0.15) is 0 Å². The van der Waals surface area contributed by atoms with E-state index in [0.29, 0.717) is 12.0 Å². The van der Waals surface area contributed by atoms with Gasteiger partial charge in [0.15, 0.2) is 0 Å². The van der Waals surface area contributed by atoms with Crippen molar-refractivity contribution in [2.24, 2.45) is 5.92 Å². The fraction of sp³-hybridized carbons (Fsp3) is 0.889. The van der Waals surface area contributed by atoms with Crippen molar-refractivity contribution in [2.45, 2.75) is 19.4 Å². The summed E-state index contributed by atoms with van der Waals surface area (Å²) in [5, 5.41) is 6.27. The van der Waals surface area contributed by atoms with Crippen molar-refractivity contribution in [1.29, 1.82) is 0 Å². The lowest BCUT2D eigenvalue weighted by atomic mass is 9.98. The standard InChI is InChI=1S/C9H19N3O/c1-7-4-8(6-10-5-7)11-9(13)12(2)3/h7-8,10H,4-6H2,1-3H3,(H,11,13). The zero-order valence-corrected chi connectivity index (χ0v) is 8.63. The molecule has 1 rings (SSSR count). The molecule has 0 saturated carbocycles. The molecule has 2 N–H and O–H groups in total. The van der Waals surface area contributed by atoms with Gasteiger partial charge in [0.2, 0.25) is 0 Å². The quantitative estimate of drug-likeness (QED) is 0.615. The Morgan fingerprint density at radius 1 is 1.46 bits per heavy atom. The number of hydrogen-bond acceptors (Lipinski definition) is 2. The first kappa shape index (κ1) is 10.3. The molecule has 0 aromatic heterocycles. The molecule has 0 spiro atoms. The van der Waals surface area contributed by atoms with Crippen molar-refractivity contribution in [2.75, 3.05) is 27.2 Å². The van der Waals surface area contributed by atoms with Crippen molar-refractivity contribution in [3.05, 3.63) is 0 Å². The SMILES string of the molecule is CC1CNCC(NC(=O)N(C)C)C1. The maximum Gasteiger partial charge on any atom is 0.317 e. The second-order valence-electron chi connectivity index (χ2n) is 4.04. The van der Waals surface area contributed by atoms with E-state index >= 15 is 0 Å². The Labute approximate surface area is 79.7 Å². The third-order valence-electron chi connectivity index (χ3n) is 2.30. The van der Waals surface area contributed by atoms with Gasteiger partial charge >= 0.3 is 6.03 Å². The predicted octanol–water partition coefficient (Wildman–Crippen LogP) is 0.256. The van der Waals surface area contributed by atoms with Gasteiger partial charge in [-0.3, -0.25) is 0 Å². The van der Waals surface area contributed by atoms with Crippen LogP contribution in [0, 0.1) is 5.92 Å². The molecule has 76 valence electrons. The number of carbonyl (C=O) groups is 1. The van der Waals surface area contributed by atoms with Crippen LogP contribution in [0.25, 0.3) is 0 Å². The summed E-state index contributed by atoms with van der Waals surface area (Å²) in [7, 11) is 3.52. The van der Waals surface area contributed by atoms with Crippen LogP contribution in [-0.4, -0.2) is 44.2 Å². The lowest BCUT2D eigenvalue weighted by molar-refractivity contribution is 0.207. The molecule has 0 aliphatic carbocycles. The monoisotopic (exact) mass is 185 g/mol. The van der Waals surface area contributed by atoms with Crippen LogP contribution in [0.3, 0.4) is 0 Å². The normalized spacial score (nSPS) is 28.2. The minimum atomic E-state index is 0.000833. The Kier molecular flexibility index (Phi) is 3.54. The topological polar surface area (TPSA) is 44.4 Å². The van der Waals surface area contributed by atoms with Crippen LogP contribution in [0.15, 0.2) is 0 Å². The van der Waals surface area contributed by atoms with E-state index in [0.717, 1.165) is 19.5 Å². The van der Waals surface area contributed by atoms with Crippen LogP contribution < -0.4 is 10.6 Å². The molecule has 0 aromatic carbocycles. The Balaban J connectivity index is 2.31. The molecule has 4 nitrogen and oxygen atoms in total. The summed E-state index contributed by atoms with van der Waals surface area (Å²) in [6.07, 6.45) is 1.08. The molecule has 13 heavy (non-hydrogen) atoms. The predicted molar refractivity (Wildman–Crippen MR) is 52.7 cm³/mol. The van der Waals surface area contributed by atoms with Crippen LogP contribution >= 0.6 is 0 Å². The van der Waals surface area contributed by atoms with Crippen LogP contribution in [0.4, 0.5) is 4.79 Å². The molecule has 1 heterocycles. The molecule has 1 saturated heterocycles. The van der Waals surface area contributed by atoms with E-state index < -0.39 is 0 Å². The summed E-state index contributed by atoms with van der Waals surface area (Å²) in [5.41, 5.74) is 0. The van der Waals surface area contributed by atoms with Gasteiger partial charge in [-0.05, 0) is 18.9 Å². The van der Waals surface area contributed by atoms with Crippen molar-refractivity contribution in [3.63, 3.8) is 0 Å². The number of hydrogen-bond donors (Lipinski definition) is 2. The first-order valence-electron chi connectivity index (χ1n) is 4.78. The van der Waals surface area contributed by atoms with Gasteiger partial charge in [0.25, 0.3) is 0 Å². The summed E-state index contributed by atoms with van der Waals surface area (Å²) in [6, 6.07) is 0.291. The van der Waals surface area contributed by atoms with Crippen LogP contribution in [0.2, 0.25) is 0 Å². The average Bonchev–Trinajstić information content (AvgIpc) is 2.04. The van der Waals surface area contributed by atoms with Gasteiger partial charge in [-0.25, -0.2) is 4.79 Å². The maximum absolute atomic E-state index is 11.3. The summed E-state index contributed by atoms with van der Waals surface area (Å²) in [4.78, 5) is 12.9. The number of amides is 2. The molecule has 4 heteroatoms. The van der Waals surface area contributed by atoms with E-state index in [-0.39, 0.29) is 6.03 Å². The number of carbonyl (C=O) groups excluding carboxylic acids is 1. The molecule has 1 fully saturated rings. The molecule has 2 unspecified atom stereocenters. The zero-order valence-electron chi connectivity index (χ0n) is 8.63. The summed E-state index contributed by atoms with van der Waals surface area (Å²) >= 11 is 0. The minimum absolute atomic E-state index is 0.000833. The number of nitrogens with zero attached hydrogens (tertiary/aromatic N) is 1. The van der Waals surface area contributed by atoms with Gasteiger partial charge in [0, 0.05) is 26.7 Å². The third kappa shape index (κ3) is 3.22. The molecule has 1 aliphatic rings. The molecule has 1 aliphatic heterocycles. The molecule has 2 amide bonds. The van der Waals surface area contributed by atoms with Crippen molar-refractivity contribution >= 4 is 6.03 Å². The highest BCUT2D eigenvalue weighted by Gasteiger charge is 2.20. The fourth-order valence-electron chi connectivity index (χ4n) is 1.57. The second kappa shape index (κ2) is 4.46. The van der Waals surface area contributed by atoms with Crippen LogP contribution in [0.1, 0.15) is 13.3 Å². The summed E-state index contributed by atoms with van der Waals surface area (Å²) < 4.78 is 0. The van der Waals surface area contributed by atoms with Crippen LogP contribution in [-0.2, 0) is 0 Å². The van der Waals surface area contributed by atoms with E-state index in [1.807, 2.05) is 0 Å². The zero-order chi connectivity index (χ0) is 9.84. The average molecular weight is 185 g/mol. The summed E-state index contributed by atoms with van der Waals surface area (Å²) in [6.45, 7) is 4.15. The second-order valence-corrected chi connectivity index (χ2v) is 4.04. The van der Waals surface area contributed by atoms with Gasteiger partial charge in [0.05, 0.1) is 0 Å². The highest BCUT2D eigenvalue weighted by molar-refractivity contribution is 5.73. The molecule has 0 bridgehead atoms. The lowest BCUT2D eigenvalue weighted by Gasteiger charge is -2.29. The van der Waals surface area contributed by atoms with E-state index in [1.165, 1.54) is 0 Å². The number of urea groups is 1. The Bertz CT molecular complexity index is 182. The third-order valence-corrected chi connectivity index (χ3v) is 2.30. The van der Waals surface area contributed by atoms with Gasteiger partial charge in [-0.15, -0.1) is 0 Å². The largest absolute Gasteiger partial charge is 0.334 e. The molecule has 0 aromatic rings. The Morgan fingerprint density at radius 2 is 2.15 bits per heavy atom. The van der Waals surface area contributed by atoms with Gasteiger partial charge in [-0.1, -0.05) is 6.92 Å². The first-order valence-corrected chi connectivity index (χ1v) is 4.78. The number of rotatable bonds is 1. The van der Waals surface area contributed by atoms with Crippen molar-refractivity contribution in [1.82, 2.24) is 15.5 Å². The molecular formula is C9H19N3O. The van der Waals surface area contributed by atoms with E-state index in [4.69, 9.17) is 0 Å². The molecule has 2 atom stereocenters. The van der Waals surface area contributed by atoms with Gasteiger partial charge < -0.3 is 15.5 Å². The van der Waals surface area contributed by atoms with Crippen LogP contribution in [0.5, 0.6) is 0 Å².